The number of pyridine rings is 1. The van der Waals surface area contributed by atoms with Crippen molar-refractivity contribution in [2.45, 2.75) is 0 Å². The van der Waals surface area contributed by atoms with E-state index in [0.717, 1.165) is 11.3 Å². The third-order valence-corrected chi connectivity index (χ3v) is 2.22. The van der Waals surface area contributed by atoms with Crippen LogP contribution in [-0.2, 0) is 7.05 Å². The Kier molecular flexibility index (Phi) is 2.00. The molecule has 0 amide bonds. The average molecular weight is 188 g/mol. The Hall–Kier alpha value is -1.77. The third-order valence-electron chi connectivity index (χ3n) is 2.22. The van der Waals surface area contributed by atoms with Crippen LogP contribution >= 0.6 is 0 Å². The number of aromatic nitrogens is 1. The van der Waals surface area contributed by atoms with Gasteiger partial charge in [-0.15, -0.1) is 0 Å². The number of rotatable bonds is 1. The van der Waals surface area contributed by atoms with Crippen LogP contribution in [0.1, 0.15) is 0 Å². The molecule has 0 spiro atoms. The highest BCUT2D eigenvalue weighted by atomic mass is 16.5. The molecule has 71 valence electrons. The predicted molar refractivity (Wildman–Crippen MR) is 54.6 cm³/mol. The average Bonchev–Trinajstić information content (AvgIpc) is 2.23. The zero-order valence-electron chi connectivity index (χ0n) is 8.07. The Morgan fingerprint density at radius 1 is 1.43 bits per heavy atom. The molecule has 1 heterocycles. The second-order valence-electron chi connectivity index (χ2n) is 3.10. The van der Waals surface area contributed by atoms with E-state index in [9.17, 15) is 4.79 Å². The normalized spacial score (nSPS) is 10.4. The van der Waals surface area contributed by atoms with Gasteiger partial charge in [-0.3, -0.25) is 4.79 Å². The van der Waals surface area contributed by atoms with E-state index < -0.39 is 0 Å². The highest BCUT2D eigenvalue weighted by Gasteiger charge is 2.01. The molecule has 1 aromatic heterocycles. The van der Waals surface area contributed by atoms with Crippen LogP contribution in [0.5, 0.6) is 5.75 Å². The standard InChI is InChI=1S/C11H10NO2/c1-12-6-5-11(13)9-4-3-8(14-2)7-10(9)12/h3-4,6-7H,1-2H3. The molecule has 1 aromatic carbocycles. The van der Waals surface area contributed by atoms with E-state index in [1.165, 1.54) is 0 Å². The molecule has 0 aliphatic carbocycles. The fourth-order valence-corrected chi connectivity index (χ4v) is 1.42. The van der Waals surface area contributed by atoms with Gasteiger partial charge >= 0.3 is 0 Å². The number of hydrogen-bond acceptors (Lipinski definition) is 2. The summed E-state index contributed by atoms with van der Waals surface area (Å²) in [5.74, 6) is 0.749. The minimum Gasteiger partial charge on any atom is -0.497 e. The molecule has 3 heteroatoms. The lowest BCUT2D eigenvalue weighted by atomic mass is 10.2. The van der Waals surface area contributed by atoms with Gasteiger partial charge in [0, 0.05) is 24.7 Å². The van der Waals surface area contributed by atoms with E-state index in [1.54, 1.807) is 25.4 Å². The van der Waals surface area contributed by atoms with Crippen molar-refractivity contribution in [2.24, 2.45) is 7.05 Å². The third kappa shape index (κ3) is 1.27. The van der Waals surface area contributed by atoms with Crippen molar-refractivity contribution < 1.29 is 4.74 Å². The second-order valence-corrected chi connectivity index (χ2v) is 3.10. The number of benzene rings is 1. The van der Waals surface area contributed by atoms with Crippen molar-refractivity contribution in [3.63, 3.8) is 0 Å². The van der Waals surface area contributed by atoms with Gasteiger partial charge in [-0.1, -0.05) is 0 Å². The number of ether oxygens (including phenoxy) is 1. The Balaban J connectivity index is 2.87. The van der Waals surface area contributed by atoms with Gasteiger partial charge in [0.1, 0.15) is 5.75 Å². The quantitative estimate of drug-likeness (QED) is 0.676. The number of fused-ring (bicyclic) bond motifs is 1. The molecule has 0 atom stereocenters. The molecule has 14 heavy (non-hydrogen) atoms. The zero-order chi connectivity index (χ0) is 10.1. The lowest BCUT2D eigenvalue weighted by Crippen LogP contribution is -2.05. The van der Waals surface area contributed by atoms with Gasteiger partial charge < -0.3 is 9.30 Å². The molecule has 0 bridgehead atoms. The van der Waals surface area contributed by atoms with E-state index >= 15 is 0 Å². The molecule has 2 aromatic rings. The molecule has 0 aliphatic rings. The Labute approximate surface area is 81.5 Å². The number of hydrogen-bond donors (Lipinski definition) is 0. The fourth-order valence-electron chi connectivity index (χ4n) is 1.42. The maximum Gasteiger partial charge on any atom is 0.197 e. The van der Waals surface area contributed by atoms with E-state index in [1.807, 2.05) is 17.7 Å². The monoisotopic (exact) mass is 188 g/mol. The van der Waals surface area contributed by atoms with Crippen LogP contribution in [0, 0.1) is 6.07 Å². The van der Waals surface area contributed by atoms with Gasteiger partial charge in [0.2, 0.25) is 0 Å². The highest BCUT2D eigenvalue weighted by Crippen LogP contribution is 2.16. The van der Waals surface area contributed by atoms with Gasteiger partial charge in [0.05, 0.1) is 18.7 Å². The summed E-state index contributed by atoms with van der Waals surface area (Å²) >= 11 is 0. The SMILES string of the molecule is COc1ccc2c(=O)[c]cn(C)c2c1. The summed E-state index contributed by atoms with van der Waals surface area (Å²) in [6.07, 6.45) is 1.63. The number of nitrogens with zero attached hydrogens (tertiary/aromatic N) is 1. The van der Waals surface area contributed by atoms with Crippen LogP contribution in [-0.4, -0.2) is 11.7 Å². The smallest absolute Gasteiger partial charge is 0.197 e. The second kappa shape index (κ2) is 3.18. The Morgan fingerprint density at radius 3 is 2.93 bits per heavy atom. The summed E-state index contributed by atoms with van der Waals surface area (Å²) in [6, 6.07) is 8.02. The van der Waals surface area contributed by atoms with Crippen molar-refractivity contribution in [1.29, 1.82) is 0 Å². The highest BCUT2D eigenvalue weighted by molar-refractivity contribution is 5.80. The lowest BCUT2D eigenvalue weighted by molar-refractivity contribution is 0.415. The Morgan fingerprint density at radius 2 is 2.21 bits per heavy atom. The van der Waals surface area contributed by atoms with Gasteiger partial charge in [-0.25, -0.2) is 0 Å². The van der Waals surface area contributed by atoms with Crippen molar-refractivity contribution in [3.8, 4) is 5.75 Å². The molecule has 0 N–H and O–H groups in total. The maximum atomic E-state index is 11.4. The van der Waals surface area contributed by atoms with E-state index in [0.29, 0.717) is 5.39 Å². The van der Waals surface area contributed by atoms with Crippen molar-refractivity contribution in [2.75, 3.05) is 7.11 Å². The number of aryl methyl sites for hydroxylation is 1. The maximum absolute atomic E-state index is 11.4. The summed E-state index contributed by atoms with van der Waals surface area (Å²) < 4.78 is 6.94. The minimum atomic E-state index is -0.0826. The van der Waals surface area contributed by atoms with Crippen LogP contribution in [0.4, 0.5) is 0 Å². The van der Waals surface area contributed by atoms with Crippen LogP contribution in [0.2, 0.25) is 0 Å². The van der Waals surface area contributed by atoms with E-state index in [4.69, 9.17) is 4.74 Å². The minimum absolute atomic E-state index is 0.0826. The topological polar surface area (TPSA) is 31.2 Å². The summed E-state index contributed by atoms with van der Waals surface area (Å²) in [4.78, 5) is 11.4. The number of methoxy groups -OCH3 is 1. The van der Waals surface area contributed by atoms with Gasteiger partial charge in [-0.05, 0) is 12.1 Å². The van der Waals surface area contributed by atoms with Crippen LogP contribution < -0.4 is 10.2 Å². The molecule has 0 fully saturated rings. The predicted octanol–water partition coefficient (Wildman–Crippen LogP) is 1.35. The summed E-state index contributed by atoms with van der Waals surface area (Å²) in [6.45, 7) is 0. The summed E-state index contributed by atoms with van der Waals surface area (Å²) in [5.41, 5.74) is 0.772. The zero-order valence-corrected chi connectivity index (χ0v) is 8.07. The van der Waals surface area contributed by atoms with Crippen LogP contribution in [0.25, 0.3) is 10.9 Å². The first-order valence-corrected chi connectivity index (χ1v) is 4.27. The van der Waals surface area contributed by atoms with Crippen molar-refractivity contribution in [3.05, 3.63) is 40.7 Å². The molecule has 3 nitrogen and oxygen atoms in total. The van der Waals surface area contributed by atoms with E-state index in [2.05, 4.69) is 6.07 Å². The first-order valence-electron chi connectivity index (χ1n) is 4.27. The molecule has 0 saturated heterocycles. The van der Waals surface area contributed by atoms with Gasteiger partial charge in [-0.2, -0.15) is 0 Å². The Bertz CT molecular complexity index is 528. The van der Waals surface area contributed by atoms with E-state index in [-0.39, 0.29) is 5.43 Å². The molecule has 2 rings (SSSR count). The molecule has 0 unspecified atom stereocenters. The van der Waals surface area contributed by atoms with Gasteiger partial charge in [0.15, 0.2) is 5.43 Å². The largest absolute Gasteiger partial charge is 0.497 e. The molecule has 0 saturated carbocycles. The van der Waals surface area contributed by atoms with Crippen LogP contribution in [0.3, 0.4) is 0 Å². The van der Waals surface area contributed by atoms with Gasteiger partial charge in [0.25, 0.3) is 0 Å². The molecule has 0 aliphatic heterocycles. The van der Waals surface area contributed by atoms with Crippen molar-refractivity contribution >= 4 is 10.9 Å². The first kappa shape index (κ1) is 8.81. The molecule has 1 radical (unpaired) electrons. The lowest BCUT2D eigenvalue weighted by Gasteiger charge is -2.05. The fraction of sp³-hybridized carbons (Fsp3) is 0.182. The molecular weight excluding hydrogens is 178 g/mol. The van der Waals surface area contributed by atoms with Crippen molar-refractivity contribution in [1.82, 2.24) is 4.57 Å². The summed E-state index contributed by atoms with van der Waals surface area (Å²) in [7, 11) is 3.48. The molecular formula is C11H10NO2. The summed E-state index contributed by atoms with van der Waals surface area (Å²) in [5, 5.41) is 0.663. The first-order chi connectivity index (χ1) is 6.72. The van der Waals surface area contributed by atoms with Crippen LogP contribution in [0.15, 0.2) is 29.2 Å².